The Kier molecular flexibility index (Phi) is 5.62. The van der Waals surface area contributed by atoms with Gasteiger partial charge in [0.2, 0.25) is 0 Å². The molecule has 0 aliphatic carbocycles. The first-order chi connectivity index (χ1) is 9.63. The zero-order chi connectivity index (χ0) is 14.5. The normalized spacial score (nSPS) is 22.5. The van der Waals surface area contributed by atoms with Gasteiger partial charge in [0.05, 0.1) is 0 Å². The standard InChI is InChI=1S/C18H30N2/c1-4-16-6-5-8-20(9-7-16)18(13-19)17-11-14(2)10-15(3)12-17/h10-12,16,18H,4-9,13,19H2,1-3H3. The molecule has 2 unspecified atom stereocenters. The molecule has 1 aliphatic heterocycles. The summed E-state index contributed by atoms with van der Waals surface area (Å²) in [6, 6.07) is 7.26. The van der Waals surface area contributed by atoms with Gasteiger partial charge in [-0.05, 0) is 57.7 Å². The van der Waals surface area contributed by atoms with E-state index in [1.165, 1.54) is 55.5 Å². The van der Waals surface area contributed by atoms with E-state index in [1.807, 2.05) is 0 Å². The van der Waals surface area contributed by atoms with Crippen LogP contribution in [-0.2, 0) is 0 Å². The van der Waals surface area contributed by atoms with Crippen LogP contribution < -0.4 is 5.73 Å². The van der Waals surface area contributed by atoms with E-state index in [1.54, 1.807) is 0 Å². The molecular weight excluding hydrogens is 244 g/mol. The molecule has 1 aromatic carbocycles. The smallest absolute Gasteiger partial charge is 0.0470 e. The third-order valence-corrected chi connectivity index (χ3v) is 4.75. The van der Waals surface area contributed by atoms with E-state index in [2.05, 4.69) is 43.9 Å². The van der Waals surface area contributed by atoms with E-state index in [0.29, 0.717) is 6.04 Å². The van der Waals surface area contributed by atoms with Crippen LogP contribution >= 0.6 is 0 Å². The van der Waals surface area contributed by atoms with Crippen molar-refractivity contribution in [1.29, 1.82) is 0 Å². The lowest BCUT2D eigenvalue weighted by Gasteiger charge is -2.30. The fraction of sp³-hybridized carbons (Fsp3) is 0.667. The summed E-state index contributed by atoms with van der Waals surface area (Å²) in [7, 11) is 0. The highest BCUT2D eigenvalue weighted by Gasteiger charge is 2.23. The number of nitrogens with two attached hydrogens (primary N) is 1. The third-order valence-electron chi connectivity index (χ3n) is 4.75. The van der Waals surface area contributed by atoms with Gasteiger partial charge in [0.1, 0.15) is 0 Å². The van der Waals surface area contributed by atoms with Crippen LogP contribution in [0.5, 0.6) is 0 Å². The van der Waals surface area contributed by atoms with Crippen molar-refractivity contribution in [3.05, 3.63) is 34.9 Å². The van der Waals surface area contributed by atoms with Gasteiger partial charge in [-0.2, -0.15) is 0 Å². The second-order valence-corrected chi connectivity index (χ2v) is 6.41. The summed E-state index contributed by atoms with van der Waals surface area (Å²) in [6.07, 6.45) is 5.36. The molecule has 0 saturated carbocycles. The maximum absolute atomic E-state index is 6.11. The van der Waals surface area contributed by atoms with E-state index in [9.17, 15) is 0 Å². The second-order valence-electron chi connectivity index (χ2n) is 6.41. The van der Waals surface area contributed by atoms with E-state index in [0.717, 1.165) is 12.5 Å². The highest BCUT2D eigenvalue weighted by molar-refractivity contribution is 5.31. The van der Waals surface area contributed by atoms with Crippen molar-refractivity contribution in [1.82, 2.24) is 4.90 Å². The summed E-state index contributed by atoms with van der Waals surface area (Å²) in [5.41, 5.74) is 10.2. The molecule has 0 bridgehead atoms. The molecule has 2 rings (SSSR count). The molecule has 1 fully saturated rings. The van der Waals surface area contributed by atoms with E-state index < -0.39 is 0 Å². The van der Waals surface area contributed by atoms with Crippen LogP contribution in [0.15, 0.2) is 18.2 Å². The zero-order valence-electron chi connectivity index (χ0n) is 13.4. The third kappa shape index (κ3) is 3.83. The topological polar surface area (TPSA) is 29.3 Å². The quantitative estimate of drug-likeness (QED) is 0.904. The van der Waals surface area contributed by atoms with Gasteiger partial charge in [-0.25, -0.2) is 0 Å². The van der Waals surface area contributed by atoms with Crippen LogP contribution in [0.4, 0.5) is 0 Å². The fourth-order valence-corrected chi connectivity index (χ4v) is 3.61. The zero-order valence-corrected chi connectivity index (χ0v) is 13.4. The van der Waals surface area contributed by atoms with E-state index >= 15 is 0 Å². The summed E-state index contributed by atoms with van der Waals surface area (Å²) in [5.74, 6) is 0.915. The monoisotopic (exact) mass is 274 g/mol. The lowest BCUT2D eigenvalue weighted by atomic mass is 9.98. The van der Waals surface area contributed by atoms with Crippen molar-refractivity contribution in [2.45, 2.75) is 52.5 Å². The van der Waals surface area contributed by atoms with Gasteiger partial charge in [0.25, 0.3) is 0 Å². The SMILES string of the molecule is CCC1CCCN(C(CN)c2cc(C)cc(C)c2)CC1. The molecule has 2 heteroatoms. The summed E-state index contributed by atoms with van der Waals surface area (Å²) >= 11 is 0. The van der Waals surface area contributed by atoms with Crippen LogP contribution in [0.2, 0.25) is 0 Å². The molecular formula is C18H30N2. The molecule has 112 valence electrons. The van der Waals surface area contributed by atoms with Gasteiger partial charge in [-0.3, -0.25) is 4.90 Å². The maximum atomic E-state index is 6.11. The number of nitrogens with zero attached hydrogens (tertiary/aromatic N) is 1. The molecule has 2 nitrogen and oxygen atoms in total. The lowest BCUT2D eigenvalue weighted by Crippen LogP contribution is -2.34. The van der Waals surface area contributed by atoms with Crippen molar-refractivity contribution >= 4 is 0 Å². The second kappa shape index (κ2) is 7.24. The first-order valence-electron chi connectivity index (χ1n) is 8.16. The fourth-order valence-electron chi connectivity index (χ4n) is 3.61. The molecule has 0 amide bonds. The van der Waals surface area contributed by atoms with Crippen molar-refractivity contribution in [3.63, 3.8) is 0 Å². The van der Waals surface area contributed by atoms with Gasteiger partial charge in [-0.15, -0.1) is 0 Å². The van der Waals surface area contributed by atoms with Crippen LogP contribution in [0.1, 0.15) is 55.3 Å². The Morgan fingerprint density at radius 3 is 2.45 bits per heavy atom. The summed E-state index contributed by atoms with van der Waals surface area (Å²) in [6.45, 7) is 9.81. The Hall–Kier alpha value is -0.860. The highest BCUT2D eigenvalue weighted by atomic mass is 15.2. The number of hydrogen-bond acceptors (Lipinski definition) is 2. The number of aryl methyl sites for hydroxylation is 2. The molecule has 2 N–H and O–H groups in total. The number of likely N-dealkylation sites (tertiary alicyclic amines) is 1. The molecule has 1 aliphatic rings. The minimum atomic E-state index is 0.393. The number of hydrogen-bond donors (Lipinski definition) is 1. The van der Waals surface area contributed by atoms with Gasteiger partial charge in [0.15, 0.2) is 0 Å². The lowest BCUT2D eigenvalue weighted by molar-refractivity contribution is 0.206. The van der Waals surface area contributed by atoms with E-state index in [4.69, 9.17) is 5.73 Å². The van der Waals surface area contributed by atoms with Crippen LogP contribution in [0.3, 0.4) is 0 Å². The van der Waals surface area contributed by atoms with Gasteiger partial charge >= 0.3 is 0 Å². The Balaban J connectivity index is 2.14. The summed E-state index contributed by atoms with van der Waals surface area (Å²) in [5, 5.41) is 0. The van der Waals surface area contributed by atoms with Gasteiger partial charge in [-0.1, -0.05) is 42.7 Å². The van der Waals surface area contributed by atoms with Gasteiger partial charge in [0, 0.05) is 12.6 Å². The number of benzene rings is 1. The Morgan fingerprint density at radius 1 is 1.15 bits per heavy atom. The maximum Gasteiger partial charge on any atom is 0.0470 e. The van der Waals surface area contributed by atoms with Crippen molar-refractivity contribution in [2.24, 2.45) is 11.7 Å². The van der Waals surface area contributed by atoms with Crippen molar-refractivity contribution in [3.8, 4) is 0 Å². The van der Waals surface area contributed by atoms with E-state index in [-0.39, 0.29) is 0 Å². The van der Waals surface area contributed by atoms with Crippen molar-refractivity contribution < 1.29 is 0 Å². The average molecular weight is 274 g/mol. The molecule has 0 radical (unpaired) electrons. The van der Waals surface area contributed by atoms with Gasteiger partial charge < -0.3 is 5.73 Å². The number of rotatable bonds is 4. The highest BCUT2D eigenvalue weighted by Crippen LogP contribution is 2.27. The largest absolute Gasteiger partial charge is 0.329 e. The molecule has 1 saturated heterocycles. The van der Waals surface area contributed by atoms with Crippen molar-refractivity contribution in [2.75, 3.05) is 19.6 Å². The van der Waals surface area contributed by atoms with Crippen LogP contribution in [0.25, 0.3) is 0 Å². The first kappa shape index (κ1) is 15.5. The minimum absolute atomic E-state index is 0.393. The van der Waals surface area contributed by atoms with Crippen LogP contribution in [0, 0.1) is 19.8 Å². The Labute approximate surface area is 124 Å². The Morgan fingerprint density at radius 2 is 1.85 bits per heavy atom. The molecule has 20 heavy (non-hydrogen) atoms. The molecule has 1 aromatic rings. The average Bonchev–Trinajstić information content (AvgIpc) is 2.64. The Bertz CT molecular complexity index is 407. The summed E-state index contributed by atoms with van der Waals surface area (Å²) in [4.78, 5) is 2.61. The van der Waals surface area contributed by atoms with Crippen LogP contribution in [-0.4, -0.2) is 24.5 Å². The predicted molar refractivity (Wildman–Crippen MR) is 86.9 cm³/mol. The molecule has 0 aromatic heterocycles. The minimum Gasteiger partial charge on any atom is -0.329 e. The first-order valence-corrected chi connectivity index (χ1v) is 8.16. The predicted octanol–water partition coefficient (Wildman–Crippen LogP) is 3.82. The summed E-state index contributed by atoms with van der Waals surface area (Å²) < 4.78 is 0. The molecule has 0 spiro atoms. The molecule has 2 atom stereocenters. The molecule has 1 heterocycles.